The van der Waals surface area contributed by atoms with Crippen molar-refractivity contribution in [1.82, 2.24) is 10.2 Å². The van der Waals surface area contributed by atoms with Crippen molar-refractivity contribution in [3.8, 4) is 0 Å². The second-order valence-electron chi connectivity index (χ2n) is 5.21. The van der Waals surface area contributed by atoms with Crippen LogP contribution >= 0.6 is 0 Å². The highest BCUT2D eigenvalue weighted by Gasteiger charge is 2.39. The quantitative estimate of drug-likeness (QED) is 0.696. The predicted octanol–water partition coefficient (Wildman–Crippen LogP) is 3.11. The molecule has 80 valence electrons. The highest BCUT2D eigenvalue weighted by molar-refractivity contribution is 5.24. The van der Waals surface area contributed by atoms with Gasteiger partial charge in [0.25, 0.3) is 0 Å². The maximum Gasteiger partial charge on any atom is 0.0689 e. The molecule has 1 saturated carbocycles. The molecule has 15 heavy (non-hydrogen) atoms. The summed E-state index contributed by atoms with van der Waals surface area (Å²) in [7, 11) is 0. The van der Waals surface area contributed by atoms with Gasteiger partial charge in [-0.3, -0.25) is 5.10 Å². The van der Waals surface area contributed by atoms with Crippen molar-refractivity contribution in [2.75, 3.05) is 0 Å². The first-order valence-corrected chi connectivity index (χ1v) is 5.98. The number of hydrogen-bond donors (Lipinski definition) is 1. The molecule has 2 unspecified atom stereocenters. The molecule has 1 fully saturated rings. The lowest BCUT2D eigenvalue weighted by Crippen LogP contribution is -2.34. The second-order valence-corrected chi connectivity index (χ2v) is 5.21. The maximum absolute atomic E-state index is 4.49. The van der Waals surface area contributed by atoms with Crippen LogP contribution in [0.15, 0.2) is 18.2 Å². The minimum Gasteiger partial charge on any atom is -0.283 e. The van der Waals surface area contributed by atoms with Gasteiger partial charge in [-0.2, -0.15) is 5.10 Å². The molecule has 2 aliphatic carbocycles. The summed E-state index contributed by atoms with van der Waals surface area (Å²) >= 11 is 0. The van der Waals surface area contributed by atoms with Gasteiger partial charge in [-0.1, -0.05) is 18.6 Å². The Morgan fingerprint density at radius 1 is 1.53 bits per heavy atom. The fourth-order valence-electron chi connectivity index (χ4n) is 3.27. The van der Waals surface area contributed by atoms with Crippen LogP contribution in [0.4, 0.5) is 0 Å². The SMILES string of the molecule is Cc1cc(C23CC=CC(CCC2)C3)n[nH]1. The summed E-state index contributed by atoms with van der Waals surface area (Å²) in [4.78, 5) is 0. The molecule has 0 aliphatic heterocycles. The third-order valence-electron chi connectivity index (χ3n) is 4.05. The smallest absolute Gasteiger partial charge is 0.0689 e. The van der Waals surface area contributed by atoms with Gasteiger partial charge in [0.05, 0.1) is 5.69 Å². The van der Waals surface area contributed by atoms with Crippen LogP contribution in [0.2, 0.25) is 0 Å². The van der Waals surface area contributed by atoms with E-state index in [0.717, 1.165) is 5.92 Å². The highest BCUT2D eigenvalue weighted by Crippen LogP contribution is 2.47. The van der Waals surface area contributed by atoms with Crippen LogP contribution in [-0.4, -0.2) is 10.2 Å². The molecule has 0 radical (unpaired) electrons. The zero-order valence-electron chi connectivity index (χ0n) is 9.29. The van der Waals surface area contributed by atoms with Gasteiger partial charge in [0.2, 0.25) is 0 Å². The Morgan fingerprint density at radius 3 is 3.27 bits per heavy atom. The largest absolute Gasteiger partial charge is 0.283 e. The fourth-order valence-corrected chi connectivity index (χ4v) is 3.27. The average molecular weight is 202 g/mol. The van der Waals surface area contributed by atoms with E-state index in [-0.39, 0.29) is 0 Å². The molecule has 2 bridgehead atoms. The Morgan fingerprint density at radius 2 is 2.47 bits per heavy atom. The molecule has 2 aliphatic rings. The van der Waals surface area contributed by atoms with Crippen LogP contribution in [0.1, 0.15) is 43.5 Å². The molecular formula is C13H18N2. The van der Waals surface area contributed by atoms with E-state index in [2.05, 4.69) is 35.3 Å². The number of nitrogens with zero attached hydrogens (tertiary/aromatic N) is 1. The van der Waals surface area contributed by atoms with E-state index >= 15 is 0 Å². The van der Waals surface area contributed by atoms with E-state index < -0.39 is 0 Å². The van der Waals surface area contributed by atoms with E-state index in [1.165, 1.54) is 43.5 Å². The Bertz CT molecular complexity index is 391. The van der Waals surface area contributed by atoms with E-state index in [9.17, 15) is 0 Å². The van der Waals surface area contributed by atoms with Crippen LogP contribution in [0.5, 0.6) is 0 Å². The zero-order chi connectivity index (χ0) is 10.3. The molecule has 1 heterocycles. The number of allylic oxidation sites excluding steroid dienone is 2. The van der Waals surface area contributed by atoms with Crippen molar-refractivity contribution in [1.29, 1.82) is 0 Å². The van der Waals surface area contributed by atoms with E-state index in [0.29, 0.717) is 5.41 Å². The van der Waals surface area contributed by atoms with Crippen LogP contribution in [0, 0.1) is 12.8 Å². The lowest BCUT2D eigenvalue weighted by Gasteiger charge is -2.41. The van der Waals surface area contributed by atoms with Crippen LogP contribution in [0.3, 0.4) is 0 Å². The van der Waals surface area contributed by atoms with Gasteiger partial charge in [-0.05, 0) is 44.6 Å². The maximum atomic E-state index is 4.49. The van der Waals surface area contributed by atoms with Crippen molar-refractivity contribution < 1.29 is 0 Å². The number of aryl methyl sites for hydroxylation is 1. The topological polar surface area (TPSA) is 28.7 Å². The van der Waals surface area contributed by atoms with E-state index in [1.807, 2.05) is 0 Å². The minimum atomic E-state index is 0.364. The van der Waals surface area contributed by atoms with Gasteiger partial charge in [0.1, 0.15) is 0 Å². The molecule has 1 aromatic heterocycles. The molecular weight excluding hydrogens is 184 g/mol. The third kappa shape index (κ3) is 1.43. The minimum absolute atomic E-state index is 0.364. The van der Waals surface area contributed by atoms with Crippen LogP contribution < -0.4 is 0 Å². The van der Waals surface area contributed by atoms with Gasteiger partial charge < -0.3 is 0 Å². The van der Waals surface area contributed by atoms with Crippen LogP contribution in [-0.2, 0) is 5.41 Å². The first kappa shape index (κ1) is 9.20. The number of fused-ring (bicyclic) bond motifs is 2. The van der Waals surface area contributed by atoms with Crippen molar-refractivity contribution in [3.63, 3.8) is 0 Å². The molecule has 1 aromatic rings. The van der Waals surface area contributed by atoms with Gasteiger partial charge in [0, 0.05) is 11.1 Å². The van der Waals surface area contributed by atoms with Gasteiger partial charge in [0.15, 0.2) is 0 Å². The summed E-state index contributed by atoms with van der Waals surface area (Å²) in [6.07, 6.45) is 11.3. The number of aromatic nitrogens is 2. The molecule has 0 spiro atoms. The molecule has 0 amide bonds. The first-order valence-electron chi connectivity index (χ1n) is 5.98. The van der Waals surface area contributed by atoms with Crippen molar-refractivity contribution in [3.05, 3.63) is 29.6 Å². The second kappa shape index (κ2) is 3.22. The van der Waals surface area contributed by atoms with Crippen molar-refractivity contribution >= 4 is 0 Å². The Balaban J connectivity index is 1.99. The Hall–Kier alpha value is -1.05. The summed E-state index contributed by atoms with van der Waals surface area (Å²) in [5, 5.41) is 7.58. The number of aromatic amines is 1. The summed E-state index contributed by atoms with van der Waals surface area (Å²) < 4.78 is 0. The average Bonchev–Trinajstić information content (AvgIpc) is 2.66. The summed E-state index contributed by atoms with van der Waals surface area (Å²) in [6, 6.07) is 2.24. The number of H-pyrrole nitrogens is 1. The third-order valence-corrected chi connectivity index (χ3v) is 4.05. The molecule has 0 aromatic carbocycles. The molecule has 2 nitrogen and oxygen atoms in total. The lowest BCUT2D eigenvalue weighted by atomic mass is 9.63. The molecule has 2 atom stereocenters. The standard InChI is InChI=1S/C13H18N2/c1-10-8-12(15-14-10)13-6-2-4-11(9-13)5-3-7-13/h2,4,8,11H,3,5-7,9H2,1H3,(H,14,15). The highest BCUT2D eigenvalue weighted by atomic mass is 15.1. The number of nitrogens with one attached hydrogen (secondary N) is 1. The molecule has 3 rings (SSSR count). The fraction of sp³-hybridized carbons (Fsp3) is 0.615. The monoisotopic (exact) mass is 202 g/mol. The molecule has 2 heteroatoms. The normalized spacial score (nSPS) is 34.3. The van der Waals surface area contributed by atoms with Gasteiger partial charge in [-0.15, -0.1) is 0 Å². The lowest BCUT2D eigenvalue weighted by molar-refractivity contribution is 0.232. The Labute approximate surface area is 90.8 Å². The zero-order valence-corrected chi connectivity index (χ0v) is 9.29. The van der Waals surface area contributed by atoms with Crippen molar-refractivity contribution in [2.24, 2.45) is 5.92 Å². The van der Waals surface area contributed by atoms with Crippen LogP contribution in [0.25, 0.3) is 0 Å². The van der Waals surface area contributed by atoms with E-state index in [4.69, 9.17) is 0 Å². The Kier molecular flexibility index (Phi) is 1.98. The number of hydrogen-bond acceptors (Lipinski definition) is 1. The molecule has 1 N–H and O–H groups in total. The number of rotatable bonds is 1. The predicted molar refractivity (Wildman–Crippen MR) is 60.7 cm³/mol. The van der Waals surface area contributed by atoms with Crippen molar-refractivity contribution in [2.45, 2.75) is 44.4 Å². The summed E-state index contributed by atoms with van der Waals surface area (Å²) in [5.41, 5.74) is 2.85. The van der Waals surface area contributed by atoms with Gasteiger partial charge in [-0.25, -0.2) is 0 Å². The summed E-state index contributed by atoms with van der Waals surface area (Å²) in [5.74, 6) is 0.810. The molecule has 0 saturated heterocycles. The van der Waals surface area contributed by atoms with E-state index in [1.54, 1.807) is 0 Å². The summed E-state index contributed by atoms with van der Waals surface area (Å²) in [6.45, 7) is 2.09. The first-order chi connectivity index (χ1) is 7.28. The van der Waals surface area contributed by atoms with Gasteiger partial charge >= 0.3 is 0 Å².